The summed E-state index contributed by atoms with van der Waals surface area (Å²) in [6.07, 6.45) is 6.34. The molecule has 4 heteroatoms. The molecule has 1 aliphatic rings. The minimum atomic E-state index is 0.462. The summed E-state index contributed by atoms with van der Waals surface area (Å²) in [5.41, 5.74) is 9.20. The molecule has 1 fully saturated rings. The van der Waals surface area contributed by atoms with Gasteiger partial charge in [-0.05, 0) is 25.8 Å². The third-order valence-corrected chi connectivity index (χ3v) is 4.92. The lowest BCUT2D eigenvalue weighted by molar-refractivity contribution is 0.357. The summed E-state index contributed by atoms with van der Waals surface area (Å²) in [6.45, 7) is 2.11. The zero-order chi connectivity index (χ0) is 14.3. The van der Waals surface area contributed by atoms with E-state index in [4.69, 9.17) is 29.6 Å². The van der Waals surface area contributed by atoms with Gasteiger partial charge in [-0.1, -0.05) is 55.2 Å². The number of halogens is 1. The fraction of sp³-hybridized carbons (Fsp3) is 0.438. The van der Waals surface area contributed by atoms with Gasteiger partial charge in [-0.3, -0.25) is 0 Å². The zero-order valence-electron chi connectivity index (χ0n) is 11.7. The van der Waals surface area contributed by atoms with Crippen molar-refractivity contribution in [3.05, 3.63) is 34.5 Å². The average Bonchev–Trinajstić information content (AvgIpc) is 2.73. The fourth-order valence-electron chi connectivity index (χ4n) is 3.55. The van der Waals surface area contributed by atoms with E-state index in [1.807, 2.05) is 12.1 Å². The minimum Gasteiger partial charge on any atom is -0.389 e. The molecular formula is C16H19ClN2S. The Morgan fingerprint density at radius 1 is 1.30 bits per heavy atom. The third-order valence-electron chi connectivity index (χ3n) is 4.41. The second-order valence-electron chi connectivity index (χ2n) is 5.62. The summed E-state index contributed by atoms with van der Waals surface area (Å²) in [5.74, 6) is 0. The van der Waals surface area contributed by atoms with Crippen molar-refractivity contribution in [2.45, 2.75) is 45.1 Å². The lowest BCUT2D eigenvalue weighted by Crippen LogP contribution is -2.16. The van der Waals surface area contributed by atoms with E-state index < -0.39 is 0 Å². The molecule has 0 bridgehead atoms. The molecule has 1 aliphatic carbocycles. The average molecular weight is 307 g/mol. The molecule has 1 heterocycles. The van der Waals surface area contributed by atoms with E-state index in [9.17, 15) is 0 Å². The van der Waals surface area contributed by atoms with Crippen molar-refractivity contribution in [1.29, 1.82) is 0 Å². The molecular weight excluding hydrogens is 288 g/mol. The number of thiocarbonyl (C=S) groups is 1. The van der Waals surface area contributed by atoms with E-state index in [-0.39, 0.29) is 0 Å². The van der Waals surface area contributed by atoms with Gasteiger partial charge in [-0.15, -0.1) is 0 Å². The molecule has 0 unspecified atom stereocenters. The number of aromatic nitrogens is 1. The van der Waals surface area contributed by atoms with Gasteiger partial charge in [0.15, 0.2) is 0 Å². The number of hydrogen-bond acceptors (Lipinski definition) is 1. The van der Waals surface area contributed by atoms with Crippen LogP contribution < -0.4 is 5.73 Å². The topological polar surface area (TPSA) is 30.9 Å². The van der Waals surface area contributed by atoms with Crippen molar-refractivity contribution >= 4 is 39.7 Å². The molecule has 1 aromatic carbocycles. The summed E-state index contributed by atoms with van der Waals surface area (Å²) < 4.78 is 2.38. The lowest BCUT2D eigenvalue weighted by atomic mass is 9.95. The Bertz CT molecular complexity index is 669. The standard InChI is InChI=1S/C16H19ClN2S/c1-10-14(16(18)20)12-8-5-9-13(17)15(12)19(10)11-6-3-2-4-7-11/h5,8-9,11H,2-4,6-7H2,1H3,(H2,18,20). The van der Waals surface area contributed by atoms with Gasteiger partial charge >= 0.3 is 0 Å². The lowest BCUT2D eigenvalue weighted by Gasteiger charge is -2.26. The molecule has 3 rings (SSSR count). The smallest absolute Gasteiger partial charge is 0.106 e. The minimum absolute atomic E-state index is 0.462. The Balaban J connectivity index is 2.29. The molecule has 106 valence electrons. The van der Waals surface area contributed by atoms with Gasteiger partial charge in [0, 0.05) is 22.7 Å². The van der Waals surface area contributed by atoms with E-state index in [0.717, 1.165) is 27.2 Å². The number of hydrogen-bond donors (Lipinski definition) is 1. The third kappa shape index (κ3) is 2.13. The first kappa shape index (κ1) is 13.9. The zero-order valence-corrected chi connectivity index (χ0v) is 13.2. The van der Waals surface area contributed by atoms with E-state index in [2.05, 4.69) is 17.6 Å². The second kappa shape index (κ2) is 5.38. The molecule has 20 heavy (non-hydrogen) atoms. The Morgan fingerprint density at radius 2 is 2.00 bits per heavy atom. The van der Waals surface area contributed by atoms with Crippen LogP contribution in [0.3, 0.4) is 0 Å². The van der Waals surface area contributed by atoms with E-state index >= 15 is 0 Å². The Morgan fingerprint density at radius 3 is 2.65 bits per heavy atom. The predicted molar refractivity (Wildman–Crippen MR) is 89.7 cm³/mol. The van der Waals surface area contributed by atoms with Crippen molar-refractivity contribution in [3.63, 3.8) is 0 Å². The Hall–Kier alpha value is -1.06. The summed E-state index contributed by atoms with van der Waals surface area (Å²) in [7, 11) is 0. The first-order chi connectivity index (χ1) is 9.61. The largest absolute Gasteiger partial charge is 0.389 e. The molecule has 1 aromatic heterocycles. The van der Waals surface area contributed by atoms with Crippen LogP contribution in [-0.2, 0) is 0 Å². The Labute approximate surface area is 129 Å². The first-order valence-corrected chi connectivity index (χ1v) is 7.98. The molecule has 2 aromatic rings. The molecule has 0 radical (unpaired) electrons. The van der Waals surface area contributed by atoms with Gasteiger partial charge in [-0.2, -0.15) is 0 Å². The molecule has 0 aliphatic heterocycles. The van der Waals surface area contributed by atoms with Gasteiger partial charge in [0.1, 0.15) is 4.99 Å². The van der Waals surface area contributed by atoms with Gasteiger partial charge in [0.2, 0.25) is 0 Å². The summed E-state index contributed by atoms with van der Waals surface area (Å²) in [6, 6.07) is 6.51. The normalized spacial score (nSPS) is 16.7. The van der Waals surface area contributed by atoms with Crippen LogP contribution in [0.5, 0.6) is 0 Å². The number of rotatable bonds is 2. The van der Waals surface area contributed by atoms with Crippen LogP contribution in [0.25, 0.3) is 10.9 Å². The van der Waals surface area contributed by atoms with Crippen LogP contribution in [0.15, 0.2) is 18.2 Å². The number of nitrogens with zero attached hydrogens (tertiary/aromatic N) is 1. The van der Waals surface area contributed by atoms with E-state index in [0.29, 0.717) is 11.0 Å². The number of para-hydroxylation sites is 1. The molecule has 0 atom stereocenters. The van der Waals surface area contributed by atoms with Crippen LogP contribution in [0.4, 0.5) is 0 Å². The van der Waals surface area contributed by atoms with E-state index in [1.54, 1.807) is 0 Å². The highest BCUT2D eigenvalue weighted by Crippen LogP contribution is 2.38. The van der Waals surface area contributed by atoms with Crippen LogP contribution in [-0.4, -0.2) is 9.56 Å². The molecule has 2 nitrogen and oxygen atoms in total. The molecule has 0 amide bonds. The van der Waals surface area contributed by atoms with Crippen molar-refractivity contribution in [2.24, 2.45) is 5.73 Å². The monoisotopic (exact) mass is 306 g/mol. The van der Waals surface area contributed by atoms with Gasteiger partial charge < -0.3 is 10.3 Å². The maximum Gasteiger partial charge on any atom is 0.106 e. The highest BCUT2D eigenvalue weighted by molar-refractivity contribution is 7.80. The Kier molecular flexibility index (Phi) is 3.74. The highest BCUT2D eigenvalue weighted by Gasteiger charge is 2.24. The maximum absolute atomic E-state index is 6.47. The van der Waals surface area contributed by atoms with Crippen molar-refractivity contribution in [1.82, 2.24) is 4.57 Å². The summed E-state index contributed by atoms with van der Waals surface area (Å²) in [4.78, 5) is 0.462. The predicted octanol–water partition coefficient (Wildman–Crippen LogP) is 4.74. The number of nitrogens with two attached hydrogens (primary N) is 1. The van der Waals surface area contributed by atoms with Gasteiger partial charge in [0.25, 0.3) is 0 Å². The second-order valence-corrected chi connectivity index (χ2v) is 6.47. The molecule has 2 N–H and O–H groups in total. The molecule has 0 spiro atoms. The van der Waals surface area contributed by atoms with Crippen LogP contribution in [0, 0.1) is 6.92 Å². The highest BCUT2D eigenvalue weighted by atomic mass is 35.5. The maximum atomic E-state index is 6.47. The van der Waals surface area contributed by atoms with Crippen molar-refractivity contribution < 1.29 is 0 Å². The quantitative estimate of drug-likeness (QED) is 0.812. The summed E-state index contributed by atoms with van der Waals surface area (Å²) >= 11 is 11.7. The van der Waals surface area contributed by atoms with Crippen LogP contribution in [0.2, 0.25) is 5.02 Å². The molecule has 1 saturated carbocycles. The van der Waals surface area contributed by atoms with Gasteiger partial charge in [0.05, 0.1) is 10.5 Å². The summed E-state index contributed by atoms with van der Waals surface area (Å²) in [5, 5.41) is 1.88. The van der Waals surface area contributed by atoms with E-state index in [1.165, 1.54) is 32.1 Å². The van der Waals surface area contributed by atoms with Crippen molar-refractivity contribution in [3.8, 4) is 0 Å². The van der Waals surface area contributed by atoms with Crippen LogP contribution >= 0.6 is 23.8 Å². The number of fused-ring (bicyclic) bond motifs is 1. The SMILES string of the molecule is Cc1c(C(N)=S)c2cccc(Cl)c2n1C1CCCCC1. The first-order valence-electron chi connectivity index (χ1n) is 7.20. The van der Waals surface area contributed by atoms with Crippen molar-refractivity contribution in [2.75, 3.05) is 0 Å². The number of benzene rings is 1. The fourth-order valence-corrected chi connectivity index (χ4v) is 4.07. The van der Waals surface area contributed by atoms with Crippen LogP contribution in [0.1, 0.15) is 49.4 Å². The van der Waals surface area contributed by atoms with Gasteiger partial charge in [-0.25, -0.2) is 0 Å². The molecule has 0 saturated heterocycles.